The van der Waals surface area contributed by atoms with Crippen LogP contribution in [-0.2, 0) is 9.59 Å². The molecular formula is C17H30N2O2. The number of hydrogen-bond donors (Lipinski definition) is 1. The molecule has 2 amide bonds. The fourth-order valence-electron chi connectivity index (χ4n) is 3.28. The van der Waals surface area contributed by atoms with Crippen molar-refractivity contribution in [3.05, 3.63) is 0 Å². The monoisotopic (exact) mass is 294 g/mol. The van der Waals surface area contributed by atoms with E-state index in [1.165, 1.54) is 25.7 Å². The maximum Gasteiger partial charge on any atom is 0.226 e. The summed E-state index contributed by atoms with van der Waals surface area (Å²) in [7, 11) is 1.86. The third kappa shape index (κ3) is 4.72. The topological polar surface area (TPSA) is 49.4 Å². The van der Waals surface area contributed by atoms with Gasteiger partial charge in [0.05, 0.1) is 11.8 Å². The van der Waals surface area contributed by atoms with E-state index >= 15 is 0 Å². The zero-order chi connectivity index (χ0) is 15.2. The molecule has 0 aromatic heterocycles. The van der Waals surface area contributed by atoms with Crippen LogP contribution in [0.4, 0.5) is 0 Å². The van der Waals surface area contributed by atoms with Crippen LogP contribution in [-0.4, -0.2) is 36.3 Å². The molecule has 0 aliphatic heterocycles. The summed E-state index contributed by atoms with van der Waals surface area (Å²) in [4.78, 5) is 26.3. The second-order valence-electron chi connectivity index (χ2n) is 6.76. The van der Waals surface area contributed by atoms with Gasteiger partial charge in [-0.3, -0.25) is 9.59 Å². The van der Waals surface area contributed by atoms with Gasteiger partial charge in [0.1, 0.15) is 0 Å². The van der Waals surface area contributed by atoms with Crippen LogP contribution in [0.5, 0.6) is 0 Å². The summed E-state index contributed by atoms with van der Waals surface area (Å²) >= 11 is 0. The molecule has 0 bridgehead atoms. The summed E-state index contributed by atoms with van der Waals surface area (Å²) < 4.78 is 0. The lowest BCUT2D eigenvalue weighted by molar-refractivity contribution is -0.133. The summed E-state index contributed by atoms with van der Waals surface area (Å²) in [5.41, 5.74) is 0. The molecule has 1 N–H and O–H groups in total. The van der Waals surface area contributed by atoms with E-state index in [9.17, 15) is 9.59 Å². The number of nitrogens with zero attached hydrogens (tertiary/aromatic N) is 1. The normalized spacial score (nSPS) is 26.0. The average molecular weight is 294 g/mol. The Kier molecular flexibility index (Phi) is 6.07. The molecule has 21 heavy (non-hydrogen) atoms. The standard InChI is InChI=1S/C17H30N2O2/c1-3-4-11-19(2)17(21)15-12-14(15)16(20)18-13-9-7-5-6-8-10-13/h13-15H,3-12H2,1-2H3,(H,18,20). The molecular weight excluding hydrogens is 264 g/mol. The van der Waals surface area contributed by atoms with Crippen LogP contribution < -0.4 is 5.32 Å². The first-order valence-corrected chi connectivity index (χ1v) is 8.68. The first kappa shape index (κ1) is 16.3. The van der Waals surface area contributed by atoms with Crippen molar-refractivity contribution in [2.24, 2.45) is 11.8 Å². The molecule has 0 radical (unpaired) electrons. The maximum atomic E-state index is 12.3. The summed E-state index contributed by atoms with van der Waals surface area (Å²) in [6, 6.07) is 0.342. The van der Waals surface area contributed by atoms with Crippen molar-refractivity contribution in [1.82, 2.24) is 10.2 Å². The Hall–Kier alpha value is -1.06. The second kappa shape index (κ2) is 7.81. The maximum absolute atomic E-state index is 12.3. The summed E-state index contributed by atoms with van der Waals surface area (Å²) in [6.45, 7) is 2.93. The molecule has 0 spiro atoms. The van der Waals surface area contributed by atoms with Crippen molar-refractivity contribution < 1.29 is 9.59 Å². The van der Waals surface area contributed by atoms with Crippen molar-refractivity contribution in [3.63, 3.8) is 0 Å². The van der Waals surface area contributed by atoms with Crippen LogP contribution in [0.1, 0.15) is 64.7 Å². The second-order valence-corrected chi connectivity index (χ2v) is 6.76. The molecule has 4 nitrogen and oxygen atoms in total. The Morgan fingerprint density at radius 2 is 1.76 bits per heavy atom. The summed E-state index contributed by atoms with van der Waals surface area (Å²) in [6.07, 6.45) is 10.1. The van der Waals surface area contributed by atoms with E-state index < -0.39 is 0 Å². The van der Waals surface area contributed by atoms with E-state index in [4.69, 9.17) is 0 Å². The third-order valence-electron chi connectivity index (χ3n) is 4.87. The van der Waals surface area contributed by atoms with Gasteiger partial charge in [-0.05, 0) is 25.7 Å². The van der Waals surface area contributed by atoms with Gasteiger partial charge in [0.25, 0.3) is 0 Å². The summed E-state index contributed by atoms with van der Waals surface area (Å²) in [5, 5.41) is 3.18. The van der Waals surface area contributed by atoms with Crippen LogP contribution in [0, 0.1) is 11.8 Å². The highest BCUT2D eigenvalue weighted by atomic mass is 16.2. The molecule has 0 aromatic rings. The van der Waals surface area contributed by atoms with Crippen molar-refractivity contribution in [3.8, 4) is 0 Å². The fraction of sp³-hybridized carbons (Fsp3) is 0.882. The van der Waals surface area contributed by atoms with Crippen LogP contribution in [0.15, 0.2) is 0 Å². The van der Waals surface area contributed by atoms with Gasteiger partial charge in [-0.1, -0.05) is 39.0 Å². The van der Waals surface area contributed by atoms with Gasteiger partial charge in [-0.25, -0.2) is 0 Å². The predicted molar refractivity (Wildman–Crippen MR) is 83.8 cm³/mol. The molecule has 2 unspecified atom stereocenters. The zero-order valence-corrected chi connectivity index (χ0v) is 13.6. The average Bonchev–Trinajstić information content (AvgIpc) is 3.28. The lowest BCUT2D eigenvalue weighted by Gasteiger charge is -2.18. The van der Waals surface area contributed by atoms with Crippen LogP contribution in [0.25, 0.3) is 0 Å². The lowest BCUT2D eigenvalue weighted by Crippen LogP contribution is -2.37. The first-order valence-electron chi connectivity index (χ1n) is 8.68. The van der Waals surface area contributed by atoms with Gasteiger partial charge in [0.2, 0.25) is 11.8 Å². The highest BCUT2D eigenvalue weighted by molar-refractivity contribution is 5.92. The molecule has 2 saturated carbocycles. The zero-order valence-electron chi connectivity index (χ0n) is 13.6. The number of carbonyl (C=O) groups is 2. The van der Waals surface area contributed by atoms with Crippen molar-refractivity contribution in [1.29, 1.82) is 0 Å². The van der Waals surface area contributed by atoms with Crippen LogP contribution in [0.2, 0.25) is 0 Å². The number of rotatable bonds is 6. The number of nitrogens with one attached hydrogen (secondary N) is 1. The minimum Gasteiger partial charge on any atom is -0.353 e. The molecule has 0 heterocycles. The van der Waals surface area contributed by atoms with Crippen LogP contribution >= 0.6 is 0 Å². The predicted octanol–water partition coefficient (Wildman–Crippen LogP) is 2.72. The van der Waals surface area contributed by atoms with Crippen molar-refractivity contribution in [2.75, 3.05) is 13.6 Å². The van der Waals surface area contributed by atoms with Crippen molar-refractivity contribution in [2.45, 2.75) is 70.8 Å². The van der Waals surface area contributed by atoms with Gasteiger partial charge < -0.3 is 10.2 Å². The number of hydrogen-bond acceptors (Lipinski definition) is 2. The Bertz CT molecular complexity index is 362. The highest BCUT2D eigenvalue weighted by Gasteiger charge is 2.49. The molecule has 2 rings (SSSR count). The van der Waals surface area contributed by atoms with E-state index in [1.54, 1.807) is 4.90 Å². The Morgan fingerprint density at radius 1 is 1.10 bits per heavy atom. The lowest BCUT2D eigenvalue weighted by atomic mass is 10.1. The van der Waals surface area contributed by atoms with Crippen LogP contribution in [0.3, 0.4) is 0 Å². The van der Waals surface area contributed by atoms with Gasteiger partial charge in [0, 0.05) is 19.6 Å². The Balaban J connectivity index is 1.74. The fourth-order valence-corrected chi connectivity index (χ4v) is 3.28. The Labute approximate surface area is 128 Å². The molecule has 2 aliphatic rings. The van der Waals surface area contributed by atoms with Crippen molar-refractivity contribution >= 4 is 11.8 Å². The van der Waals surface area contributed by atoms with Gasteiger partial charge >= 0.3 is 0 Å². The SMILES string of the molecule is CCCCN(C)C(=O)C1CC1C(=O)NC1CCCCCC1. The quantitative estimate of drug-likeness (QED) is 0.766. The molecule has 4 heteroatoms. The van der Waals surface area contributed by atoms with E-state index in [1.807, 2.05) is 7.05 Å². The van der Waals surface area contributed by atoms with E-state index in [0.29, 0.717) is 6.04 Å². The minimum absolute atomic E-state index is 0.0577. The van der Waals surface area contributed by atoms with E-state index in [2.05, 4.69) is 12.2 Å². The molecule has 2 atom stereocenters. The van der Waals surface area contributed by atoms with Gasteiger partial charge in [-0.2, -0.15) is 0 Å². The van der Waals surface area contributed by atoms with Gasteiger partial charge in [-0.15, -0.1) is 0 Å². The first-order chi connectivity index (χ1) is 10.1. The number of amides is 2. The molecule has 2 aliphatic carbocycles. The number of unbranched alkanes of at least 4 members (excludes halogenated alkanes) is 1. The summed E-state index contributed by atoms with van der Waals surface area (Å²) in [5.74, 6) is 0.149. The van der Waals surface area contributed by atoms with E-state index in [0.717, 1.165) is 38.6 Å². The molecule has 0 aromatic carbocycles. The smallest absolute Gasteiger partial charge is 0.226 e. The molecule has 2 fully saturated rings. The largest absolute Gasteiger partial charge is 0.353 e. The minimum atomic E-state index is -0.0650. The van der Waals surface area contributed by atoms with Gasteiger partial charge in [0.15, 0.2) is 0 Å². The highest BCUT2D eigenvalue weighted by Crippen LogP contribution is 2.40. The molecule has 0 saturated heterocycles. The Morgan fingerprint density at radius 3 is 2.38 bits per heavy atom. The number of carbonyl (C=O) groups excluding carboxylic acids is 2. The van der Waals surface area contributed by atoms with E-state index in [-0.39, 0.29) is 23.7 Å². The molecule has 120 valence electrons. The third-order valence-corrected chi connectivity index (χ3v) is 4.87.